The van der Waals surface area contributed by atoms with Gasteiger partial charge in [0, 0.05) is 18.0 Å². The average molecular weight is 246 g/mol. The van der Waals surface area contributed by atoms with Crippen LogP contribution in [0.2, 0.25) is 0 Å². The van der Waals surface area contributed by atoms with E-state index in [0.717, 1.165) is 17.7 Å². The Balaban J connectivity index is 2.34. The molecule has 5 heteroatoms. The lowest BCUT2D eigenvalue weighted by atomic mass is 10.1. The maximum Gasteiger partial charge on any atom is 0.246 e. The van der Waals surface area contributed by atoms with Gasteiger partial charge >= 0.3 is 0 Å². The minimum Gasteiger partial charge on any atom is -0.337 e. The van der Waals surface area contributed by atoms with Crippen molar-refractivity contribution in [3.63, 3.8) is 0 Å². The van der Waals surface area contributed by atoms with Crippen molar-refractivity contribution in [3.8, 4) is 11.4 Å². The lowest BCUT2D eigenvalue weighted by Crippen LogP contribution is -2.36. The molecule has 0 unspecified atom stereocenters. The molecule has 2 rings (SSSR count). The van der Waals surface area contributed by atoms with Crippen LogP contribution in [-0.4, -0.2) is 21.7 Å². The molecule has 0 aliphatic heterocycles. The Labute approximate surface area is 107 Å². The van der Waals surface area contributed by atoms with Gasteiger partial charge in [-0.15, -0.1) is 0 Å². The lowest BCUT2D eigenvalue weighted by molar-refractivity contribution is 0.272. The highest BCUT2D eigenvalue weighted by molar-refractivity contribution is 5.57. The summed E-state index contributed by atoms with van der Waals surface area (Å²) in [5.41, 5.74) is 1.66. The second-order valence-corrected chi connectivity index (χ2v) is 4.77. The minimum absolute atomic E-state index is 0.323. The topological polar surface area (TPSA) is 63.8 Å². The Morgan fingerprint density at radius 3 is 2.83 bits per heavy atom. The minimum atomic E-state index is -0.323. The van der Waals surface area contributed by atoms with Crippen molar-refractivity contribution >= 4 is 0 Å². The van der Waals surface area contributed by atoms with Crippen LogP contribution in [0.5, 0.6) is 0 Å². The molecule has 0 spiro atoms. The SMILES string of the molecule is CCNC(C)(C)c1nc(-c2cnccc2C)no1. The second-order valence-electron chi connectivity index (χ2n) is 4.77. The predicted octanol–water partition coefficient (Wildman–Crippen LogP) is 2.28. The van der Waals surface area contributed by atoms with Crippen molar-refractivity contribution in [3.05, 3.63) is 29.9 Å². The quantitative estimate of drug-likeness (QED) is 0.896. The third-order valence-corrected chi connectivity index (χ3v) is 2.86. The molecule has 0 atom stereocenters. The van der Waals surface area contributed by atoms with Crippen molar-refractivity contribution < 1.29 is 4.52 Å². The van der Waals surface area contributed by atoms with Crippen LogP contribution >= 0.6 is 0 Å². The molecule has 0 bridgehead atoms. The third-order valence-electron chi connectivity index (χ3n) is 2.86. The van der Waals surface area contributed by atoms with Gasteiger partial charge in [0.15, 0.2) is 0 Å². The van der Waals surface area contributed by atoms with E-state index in [1.54, 1.807) is 12.4 Å². The van der Waals surface area contributed by atoms with Gasteiger partial charge in [-0.3, -0.25) is 4.98 Å². The fourth-order valence-electron chi connectivity index (χ4n) is 1.80. The van der Waals surface area contributed by atoms with E-state index in [1.807, 2.05) is 33.8 Å². The average Bonchev–Trinajstić information content (AvgIpc) is 2.79. The molecule has 0 aliphatic rings. The van der Waals surface area contributed by atoms with E-state index in [0.29, 0.717) is 11.7 Å². The summed E-state index contributed by atoms with van der Waals surface area (Å²) in [6, 6.07) is 1.93. The molecule has 5 nitrogen and oxygen atoms in total. The molecule has 1 N–H and O–H groups in total. The molecular formula is C13H18N4O. The van der Waals surface area contributed by atoms with E-state index in [4.69, 9.17) is 4.52 Å². The smallest absolute Gasteiger partial charge is 0.246 e. The maximum atomic E-state index is 5.34. The number of aryl methyl sites for hydroxylation is 1. The van der Waals surface area contributed by atoms with Crippen molar-refractivity contribution in [2.24, 2.45) is 0 Å². The highest BCUT2D eigenvalue weighted by atomic mass is 16.5. The van der Waals surface area contributed by atoms with Crippen LogP contribution in [-0.2, 0) is 5.54 Å². The Hall–Kier alpha value is -1.75. The summed E-state index contributed by atoms with van der Waals surface area (Å²) in [4.78, 5) is 8.54. The van der Waals surface area contributed by atoms with Gasteiger partial charge in [-0.1, -0.05) is 12.1 Å². The summed E-state index contributed by atoms with van der Waals surface area (Å²) >= 11 is 0. The summed E-state index contributed by atoms with van der Waals surface area (Å²) in [6.45, 7) is 8.93. The molecule has 0 aliphatic carbocycles. The van der Waals surface area contributed by atoms with E-state index < -0.39 is 0 Å². The van der Waals surface area contributed by atoms with E-state index in [2.05, 4.69) is 20.4 Å². The molecule has 0 amide bonds. The van der Waals surface area contributed by atoms with Gasteiger partial charge in [0.2, 0.25) is 11.7 Å². The monoisotopic (exact) mass is 246 g/mol. The van der Waals surface area contributed by atoms with Crippen LogP contribution in [0, 0.1) is 6.92 Å². The molecule has 0 saturated carbocycles. The van der Waals surface area contributed by atoms with Gasteiger partial charge in [0.1, 0.15) is 0 Å². The zero-order valence-corrected chi connectivity index (χ0v) is 11.2. The number of aromatic nitrogens is 3. The first-order valence-electron chi connectivity index (χ1n) is 6.05. The maximum absolute atomic E-state index is 5.34. The van der Waals surface area contributed by atoms with Gasteiger partial charge < -0.3 is 9.84 Å². The first-order chi connectivity index (χ1) is 8.54. The number of pyridine rings is 1. The van der Waals surface area contributed by atoms with Crippen LogP contribution in [0.15, 0.2) is 23.0 Å². The van der Waals surface area contributed by atoms with Gasteiger partial charge in [-0.2, -0.15) is 4.98 Å². The predicted molar refractivity (Wildman–Crippen MR) is 69.0 cm³/mol. The number of hydrogen-bond acceptors (Lipinski definition) is 5. The van der Waals surface area contributed by atoms with E-state index in [1.165, 1.54) is 0 Å². The molecular weight excluding hydrogens is 228 g/mol. The number of nitrogens with zero attached hydrogens (tertiary/aromatic N) is 3. The summed E-state index contributed by atoms with van der Waals surface area (Å²) in [6.07, 6.45) is 3.51. The van der Waals surface area contributed by atoms with Crippen LogP contribution in [0.4, 0.5) is 0 Å². The summed E-state index contributed by atoms with van der Waals surface area (Å²) < 4.78 is 5.34. The molecule has 2 aromatic rings. The van der Waals surface area contributed by atoms with Crippen molar-refractivity contribution in [1.29, 1.82) is 0 Å². The first kappa shape index (κ1) is 12.7. The Morgan fingerprint density at radius 1 is 1.39 bits per heavy atom. The van der Waals surface area contributed by atoms with Crippen molar-refractivity contribution in [2.45, 2.75) is 33.2 Å². The number of hydrogen-bond donors (Lipinski definition) is 1. The fourth-order valence-corrected chi connectivity index (χ4v) is 1.80. The third kappa shape index (κ3) is 2.41. The molecule has 0 saturated heterocycles. The summed E-state index contributed by atoms with van der Waals surface area (Å²) in [5.74, 6) is 1.17. The molecule has 0 radical (unpaired) electrons. The zero-order chi connectivity index (χ0) is 13.2. The van der Waals surface area contributed by atoms with E-state index in [9.17, 15) is 0 Å². The lowest BCUT2D eigenvalue weighted by Gasteiger charge is -2.20. The normalized spacial score (nSPS) is 11.8. The highest BCUT2D eigenvalue weighted by Crippen LogP contribution is 2.23. The summed E-state index contributed by atoms with van der Waals surface area (Å²) in [5, 5.41) is 7.34. The van der Waals surface area contributed by atoms with Gasteiger partial charge in [-0.25, -0.2) is 0 Å². The van der Waals surface area contributed by atoms with E-state index >= 15 is 0 Å². The van der Waals surface area contributed by atoms with Crippen molar-refractivity contribution in [1.82, 2.24) is 20.4 Å². The first-order valence-corrected chi connectivity index (χ1v) is 6.05. The van der Waals surface area contributed by atoms with Crippen LogP contribution < -0.4 is 5.32 Å². The molecule has 0 aromatic carbocycles. The Bertz CT molecular complexity index is 533. The summed E-state index contributed by atoms with van der Waals surface area (Å²) in [7, 11) is 0. The molecule has 0 fully saturated rings. The van der Waals surface area contributed by atoms with E-state index in [-0.39, 0.29) is 5.54 Å². The molecule has 2 heterocycles. The second kappa shape index (κ2) is 4.86. The molecule has 96 valence electrons. The number of rotatable bonds is 4. The Morgan fingerprint density at radius 2 is 2.17 bits per heavy atom. The Kier molecular flexibility index (Phi) is 3.43. The van der Waals surface area contributed by atoms with Crippen LogP contribution in [0.3, 0.4) is 0 Å². The number of nitrogens with one attached hydrogen (secondary N) is 1. The highest BCUT2D eigenvalue weighted by Gasteiger charge is 2.26. The van der Waals surface area contributed by atoms with Crippen LogP contribution in [0.25, 0.3) is 11.4 Å². The standard InChI is InChI=1S/C13H18N4O/c1-5-15-13(3,4)12-16-11(17-18-12)10-8-14-7-6-9(10)2/h6-8,15H,5H2,1-4H3. The van der Waals surface area contributed by atoms with Gasteiger partial charge in [-0.05, 0) is 38.9 Å². The zero-order valence-electron chi connectivity index (χ0n) is 11.2. The molecule has 18 heavy (non-hydrogen) atoms. The molecule has 2 aromatic heterocycles. The van der Waals surface area contributed by atoms with Gasteiger partial charge in [0.25, 0.3) is 0 Å². The van der Waals surface area contributed by atoms with Crippen molar-refractivity contribution in [2.75, 3.05) is 6.54 Å². The van der Waals surface area contributed by atoms with Crippen LogP contribution in [0.1, 0.15) is 32.2 Å². The largest absolute Gasteiger partial charge is 0.337 e. The van der Waals surface area contributed by atoms with Gasteiger partial charge in [0.05, 0.1) is 5.54 Å². The fraction of sp³-hybridized carbons (Fsp3) is 0.462.